The highest BCUT2D eigenvalue weighted by Gasteiger charge is 2.20. The molecule has 2 nitrogen and oxygen atoms in total. The van der Waals surface area contributed by atoms with Crippen molar-refractivity contribution in [3.05, 3.63) is 65.7 Å². The highest BCUT2D eigenvalue weighted by Crippen LogP contribution is 2.28. The Balaban J connectivity index is 1.49. The predicted molar refractivity (Wildman–Crippen MR) is 86.5 cm³/mol. The number of para-hydroxylation sites is 1. The highest BCUT2D eigenvalue weighted by molar-refractivity contribution is 5.33. The van der Waals surface area contributed by atoms with Crippen LogP contribution in [0.25, 0.3) is 0 Å². The van der Waals surface area contributed by atoms with Gasteiger partial charge in [-0.3, -0.25) is 0 Å². The summed E-state index contributed by atoms with van der Waals surface area (Å²) in [6.45, 7) is 2.76. The third-order valence-corrected chi connectivity index (χ3v) is 3.91. The first-order valence-electron chi connectivity index (χ1n) is 7.87. The van der Waals surface area contributed by atoms with Gasteiger partial charge in [-0.15, -0.1) is 0 Å². The molecule has 1 saturated carbocycles. The number of rotatable bonds is 8. The van der Waals surface area contributed by atoms with Crippen molar-refractivity contribution >= 4 is 0 Å². The average molecular weight is 281 g/mol. The normalized spacial score (nSPS) is 14.1. The van der Waals surface area contributed by atoms with Crippen LogP contribution in [0.2, 0.25) is 0 Å². The zero-order valence-corrected chi connectivity index (χ0v) is 12.4. The van der Waals surface area contributed by atoms with E-state index in [0.717, 1.165) is 37.8 Å². The van der Waals surface area contributed by atoms with Gasteiger partial charge in [0.15, 0.2) is 0 Å². The Morgan fingerprint density at radius 1 is 0.952 bits per heavy atom. The Labute approximate surface area is 127 Å². The molecule has 0 atom stereocenters. The van der Waals surface area contributed by atoms with E-state index in [4.69, 9.17) is 4.74 Å². The van der Waals surface area contributed by atoms with Gasteiger partial charge in [0.25, 0.3) is 0 Å². The van der Waals surface area contributed by atoms with E-state index in [1.165, 1.54) is 24.0 Å². The molecule has 0 saturated heterocycles. The van der Waals surface area contributed by atoms with E-state index in [9.17, 15) is 0 Å². The molecule has 0 aromatic heterocycles. The van der Waals surface area contributed by atoms with Gasteiger partial charge in [0, 0.05) is 18.5 Å². The second-order valence-electron chi connectivity index (χ2n) is 5.77. The number of hydrogen-bond donors (Lipinski definition) is 1. The van der Waals surface area contributed by atoms with Gasteiger partial charge in [-0.05, 0) is 36.9 Å². The first-order chi connectivity index (χ1) is 10.4. The summed E-state index contributed by atoms with van der Waals surface area (Å²) in [5, 5.41) is 3.53. The van der Waals surface area contributed by atoms with Crippen LogP contribution in [0.15, 0.2) is 54.6 Å². The lowest BCUT2D eigenvalue weighted by molar-refractivity contribution is 0.317. The maximum absolute atomic E-state index is 5.97. The molecule has 110 valence electrons. The quantitative estimate of drug-likeness (QED) is 0.794. The van der Waals surface area contributed by atoms with Crippen LogP contribution >= 0.6 is 0 Å². The van der Waals surface area contributed by atoms with E-state index in [1.807, 2.05) is 12.1 Å². The van der Waals surface area contributed by atoms with E-state index >= 15 is 0 Å². The van der Waals surface area contributed by atoms with E-state index in [1.54, 1.807) is 0 Å². The van der Waals surface area contributed by atoms with Crippen molar-refractivity contribution in [2.45, 2.75) is 25.8 Å². The third kappa shape index (κ3) is 4.61. The molecule has 3 rings (SSSR count). The zero-order chi connectivity index (χ0) is 14.3. The number of benzene rings is 2. The molecule has 0 spiro atoms. The third-order valence-electron chi connectivity index (χ3n) is 3.91. The summed E-state index contributed by atoms with van der Waals surface area (Å²) in [4.78, 5) is 0. The van der Waals surface area contributed by atoms with Gasteiger partial charge in [0.1, 0.15) is 5.75 Å². The van der Waals surface area contributed by atoms with E-state index in [0.29, 0.717) is 0 Å². The van der Waals surface area contributed by atoms with Crippen LogP contribution < -0.4 is 10.1 Å². The fourth-order valence-corrected chi connectivity index (χ4v) is 2.45. The van der Waals surface area contributed by atoms with E-state index in [-0.39, 0.29) is 0 Å². The fourth-order valence-electron chi connectivity index (χ4n) is 2.45. The Kier molecular flexibility index (Phi) is 4.90. The summed E-state index contributed by atoms with van der Waals surface area (Å²) >= 11 is 0. The minimum Gasteiger partial charge on any atom is -0.493 e. The van der Waals surface area contributed by atoms with Crippen LogP contribution in [0.5, 0.6) is 5.75 Å². The summed E-state index contributed by atoms with van der Waals surface area (Å²) in [6.07, 6.45) is 3.73. The van der Waals surface area contributed by atoms with Gasteiger partial charge >= 0.3 is 0 Å². The Morgan fingerprint density at radius 3 is 2.52 bits per heavy atom. The molecular formula is C19H23NO. The molecule has 2 aromatic rings. The monoisotopic (exact) mass is 281 g/mol. The lowest BCUT2D eigenvalue weighted by atomic mass is 10.1. The maximum Gasteiger partial charge on any atom is 0.123 e. The highest BCUT2D eigenvalue weighted by atomic mass is 16.5. The van der Waals surface area contributed by atoms with Crippen molar-refractivity contribution in [3.8, 4) is 5.75 Å². The molecule has 0 heterocycles. The topological polar surface area (TPSA) is 21.3 Å². The molecule has 0 bridgehead atoms. The van der Waals surface area contributed by atoms with Crippen LogP contribution in [0, 0.1) is 5.92 Å². The summed E-state index contributed by atoms with van der Waals surface area (Å²) in [5.41, 5.74) is 2.58. The van der Waals surface area contributed by atoms with Gasteiger partial charge in [0.2, 0.25) is 0 Å². The molecular weight excluding hydrogens is 258 g/mol. The van der Waals surface area contributed by atoms with Gasteiger partial charge in [0.05, 0.1) is 6.61 Å². The minimum atomic E-state index is 0.726. The van der Waals surface area contributed by atoms with Crippen molar-refractivity contribution in [1.82, 2.24) is 5.32 Å². The van der Waals surface area contributed by atoms with Crippen LogP contribution in [0.4, 0.5) is 0 Å². The molecule has 0 amide bonds. The van der Waals surface area contributed by atoms with Gasteiger partial charge < -0.3 is 10.1 Å². The summed E-state index contributed by atoms with van der Waals surface area (Å²) in [6, 6.07) is 18.8. The molecule has 21 heavy (non-hydrogen) atoms. The van der Waals surface area contributed by atoms with Crippen LogP contribution in [0.3, 0.4) is 0 Å². The average Bonchev–Trinajstić information content (AvgIpc) is 3.34. The molecule has 2 heteroatoms. The lowest BCUT2D eigenvalue weighted by Crippen LogP contribution is -2.17. The first kappa shape index (κ1) is 14.2. The molecule has 1 aliphatic rings. The minimum absolute atomic E-state index is 0.726. The molecule has 0 aliphatic heterocycles. The largest absolute Gasteiger partial charge is 0.493 e. The van der Waals surface area contributed by atoms with Crippen LogP contribution in [-0.4, -0.2) is 13.2 Å². The van der Waals surface area contributed by atoms with Crippen molar-refractivity contribution in [3.63, 3.8) is 0 Å². The van der Waals surface area contributed by atoms with Crippen LogP contribution in [0.1, 0.15) is 24.0 Å². The predicted octanol–water partition coefficient (Wildman–Crippen LogP) is 3.81. The summed E-state index contributed by atoms with van der Waals surface area (Å²) < 4.78 is 5.97. The SMILES string of the molecule is c1ccc(CCOc2ccccc2CNCC2CC2)cc1. The molecule has 2 aromatic carbocycles. The molecule has 0 radical (unpaired) electrons. The second kappa shape index (κ2) is 7.28. The molecule has 1 fully saturated rings. The second-order valence-corrected chi connectivity index (χ2v) is 5.77. The Morgan fingerprint density at radius 2 is 1.71 bits per heavy atom. The molecule has 1 aliphatic carbocycles. The fraction of sp³-hybridized carbons (Fsp3) is 0.368. The maximum atomic E-state index is 5.97. The van der Waals surface area contributed by atoms with Gasteiger partial charge in [-0.1, -0.05) is 48.5 Å². The van der Waals surface area contributed by atoms with Crippen LogP contribution in [-0.2, 0) is 13.0 Å². The molecule has 0 unspecified atom stereocenters. The summed E-state index contributed by atoms with van der Waals surface area (Å²) in [7, 11) is 0. The van der Waals surface area contributed by atoms with Gasteiger partial charge in [-0.2, -0.15) is 0 Å². The van der Waals surface area contributed by atoms with Crippen molar-refractivity contribution in [1.29, 1.82) is 0 Å². The molecule has 1 N–H and O–H groups in total. The Hall–Kier alpha value is -1.80. The van der Waals surface area contributed by atoms with Crippen molar-refractivity contribution < 1.29 is 4.74 Å². The number of ether oxygens (including phenoxy) is 1. The van der Waals surface area contributed by atoms with E-state index in [2.05, 4.69) is 47.8 Å². The first-order valence-corrected chi connectivity index (χ1v) is 7.87. The van der Waals surface area contributed by atoms with Crippen molar-refractivity contribution in [2.24, 2.45) is 5.92 Å². The summed E-state index contributed by atoms with van der Waals surface area (Å²) in [5.74, 6) is 1.92. The zero-order valence-electron chi connectivity index (χ0n) is 12.4. The Bertz CT molecular complexity index is 549. The number of hydrogen-bond acceptors (Lipinski definition) is 2. The van der Waals surface area contributed by atoms with Gasteiger partial charge in [-0.25, -0.2) is 0 Å². The van der Waals surface area contributed by atoms with E-state index < -0.39 is 0 Å². The standard InChI is InChI=1S/C19H23NO/c1-2-6-16(7-3-1)12-13-21-19-9-5-4-8-18(19)15-20-14-17-10-11-17/h1-9,17,20H,10-15H2. The lowest BCUT2D eigenvalue weighted by Gasteiger charge is -2.12. The smallest absolute Gasteiger partial charge is 0.123 e. The van der Waals surface area contributed by atoms with Crippen molar-refractivity contribution in [2.75, 3.05) is 13.2 Å². The number of nitrogens with one attached hydrogen (secondary N) is 1.